The SMILES string of the molecule is O=C1NC(c2ccccc2)C(=O)N(CC(=O)N2CCCCC2c2ccccn2)c2ccccc21. The van der Waals surface area contributed by atoms with Crippen LogP contribution in [0.1, 0.15) is 53.0 Å². The minimum atomic E-state index is -0.873. The van der Waals surface area contributed by atoms with Crippen LogP contribution in [0.25, 0.3) is 0 Å². The summed E-state index contributed by atoms with van der Waals surface area (Å²) in [6.45, 7) is 0.473. The number of hydrogen-bond donors (Lipinski definition) is 1. The predicted octanol–water partition coefficient (Wildman–Crippen LogP) is 3.65. The molecule has 7 nitrogen and oxygen atoms in total. The molecule has 3 aromatic rings. The second-order valence-corrected chi connectivity index (χ2v) is 8.61. The van der Waals surface area contributed by atoms with E-state index in [-0.39, 0.29) is 30.3 Å². The van der Waals surface area contributed by atoms with Gasteiger partial charge in [-0.2, -0.15) is 0 Å². The van der Waals surface area contributed by atoms with Gasteiger partial charge in [-0.15, -0.1) is 0 Å². The maximum absolute atomic E-state index is 13.8. The Labute approximate surface area is 198 Å². The summed E-state index contributed by atoms with van der Waals surface area (Å²) in [6, 6.07) is 20.8. The molecule has 5 rings (SSSR count). The van der Waals surface area contributed by atoms with Crippen molar-refractivity contribution in [2.75, 3.05) is 18.0 Å². The van der Waals surface area contributed by atoms with Crippen LogP contribution >= 0.6 is 0 Å². The predicted molar refractivity (Wildman–Crippen MR) is 128 cm³/mol. The smallest absolute Gasteiger partial charge is 0.254 e. The van der Waals surface area contributed by atoms with Crippen LogP contribution in [-0.2, 0) is 9.59 Å². The van der Waals surface area contributed by atoms with Crippen LogP contribution in [0.15, 0.2) is 79.0 Å². The van der Waals surface area contributed by atoms with Gasteiger partial charge in [0, 0.05) is 12.7 Å². The molecule has 2 aromatic carbocycles. The molecule has 34 heavy (non-hydrogen) atoms. The number of piperidine rings is 1. The summed E-state index contributed by atoms with van der Waals surface area (Å²) in [4.78, 5) is 48.2. The zero-order chi connectivity index (χ0) is 23.5. The van der Waals surface area contributed by atoms with E-state index in [0.29, 0.717) is 23.4 Å². The van der Waals surface area contributed by atoms with Crippen molar-refractivity contribution < 1.29 is 14.4 Å². The van der Waals surface area contributed by atoms with Crippen molar-refractivity contribution in [3.8, 4) is 0 Å². The van der Waals surface area contributed by atoms with Gasteiger partial charge in [-0.1, -0.05) is 48.5 Å². The summed E-state index contributed by atoms with van der Waals surface area (Å²) in [5, 5.41) is 2.85. The van der Waals surface area contributed by atoms with Crippen molar-refractivity contribution in [2.45, 2.75) is 31.3 Å². The molecule has 1 aromatic heterocycles. The molecule has 2 aliphatic heterocycles. The summed E-state index contributed by atoms with van der Waals surface area (Å²) < 4.78 is 0. The number of anilines is 1. The number of carbonyl (C=O) groups excluding carboxylic acids is 3. The minimum Gasteiger partial charge on any atom is -0.336 e. The molecule has 0 radical (unpaired) electrons. The second kappa shape index (κ2) is 9.47. The number of fused-ring (bicyclic) bond motifs is 1. The summed E-state index contributed by atoms with van der Waals surface area (Å²) in [6.07, 6.45) is 4.50. The Balaban J connectivity index is 1.49. The number of nitrogens with zero attached hydrogens (tertiary/aromatic N) is 3. The molecular weight excluding hydrogens is 428 g/mol. The fourth-order valence-electron chi connectivity index (χ4n) is 4.82. The van der Waals surface area contributed by atoms with E-state index in [1.807, 2.05) is 41.3 Å². The van der Waals surface area contributed by atoms with Gasteiger partial charge >= 0.3 is 0 Å². The Kier molecular flexibility index (Phi) is 6.08. The maximum Gasteiger partial charge on any atom is 0.254 e. The van der Waals surface area contributed by atoms with Crippen molar-refractivity contribution in [1.82, 2.24) is 15.2 Å². The lowest BCUT2D eigenvalue weighted by Crippen LogP contribution is -2.48. The highest BCUT2D eigenvalue weighted by molar-refractivity contribution is 6.12. The zero-order valence-corrected chi connectivity index (χ0v) is 18.8. The molecule has 2 aliphatic rings. The largest absolute Gasteiger partial charge is 0.336 e. The molecule has 3 heterocycles. The summed E-state index contributed by atoms with van der Waals surface area (Å²) in [5.41, 5.74) is 2.36. The molecule has 1 N–H and O–H groups in total. The topological polar surface area (TPSA) is 82.6 Å². The lowest BCUT2D eigenvalue weighted by molar-refractivity contribution is -0.135. The summed E-state index contributed by atoms with van der Waals surface area (Å²) in [7, 11) is 0. The van der Waals surface area contributed by atoms with Crippen molar-refractivity contribution in [2.24, 2.45) is 0 Å². The van der Waals surface area contributed by atoms with Crippen molar-refractivity contribution in [3.05, 3.63) is 95.8 Å². The quantitative estimate of drug-likeness (QED) is 0.652. The van der Waals surface area contributed by atoms with E-state index in [1.54, 1.807) is 42.6 Å². The van der Waals surface area contributed by atoms with Gasteiger partial charge in [0.05, 0.1) is 23.0 Å². The number of pyridine rings is 1. The maximum atomic E-state index is 13.8. The molecule has 2 atom stereocenters. The number of benzene rings is 2. The van der Waals surface area contributed by atoms with E-state index in [4.69, 9.17) is 0 Å². The zero-order valence-electron chi connectivity index (χ0n) is 18.8. The number of aromatic nitrogens is 1. The Hall–Kier alpha value is -4.00. The van der Waals surface area contributed by atoms with Gasteiger partial charge in [-0.05, 0) is 49.1 Å². The first-order chi connectivity index (χ1) is 16.6. The Bertz CT molecular complexity index is 1200. The third-order valence-electron chi connectivity index (χ3n) is 6.51. The van der Waals surface area contributed by atoms with Crippen LogP contribution in [0.3, 0.4) is 0 Å². The lowest BCUT2D eigenvalue weighted by atomic mass is 9.98. The summed E-state index contributed by atoms with van der Waals surface area (Å²) >= 11 is 0. The standard InChI is InChI=1S/C27H26N4O3/c32-24(30-17-9-7-15-23(30)21-13-6-8-16-28-21)18-31-22-14-5-4-12-20(22)26(33)29-25(27(31)34)19-10-2-1-3-11-19/h1-6,8,10-14,16,23,25H,7,9,15,17-18H2,(H,29,33). The van der Waals surface area contributed by atoms with E-state index < -0.39 is 6.04 Å². The molecule has 0 bridgehead atoms. The van der Waals surface area contributed by atoms with Crippen LogP contribution in [-0.4, -0.2) is 40.7 Å². The molecule has 1 saturated heterocycles. The molecule has 0 saturated carbocycles. The van der Waals surface area contributed by atoms with E-state index in [2.05, 4.69) is 10.3 Å². The second-order valence-electron chi connectivity index (χ2n) is 8.61. The number of nitrogens with one attached hydrogen (secondary N) is 1. The number of rotatable bonds is 4. The monoisotopic (exact) mass is 454 g/mol. The molecule has 172 valence electrons. The first-order valence-electron chi connectivity index (χ1n) is 11.6. The van der Waals surface area contributed by atoms with Gasteiger partial charge < -0.3 is 15.1 Å². The molecule has 0 spiro atoms. The normalized spacial score (nSPS) is 20.4. The highest BCUT2D eigenvalue weighted by atomic mass is 16.2. The van der Waals surface area contributed by atoms with Gasteiger partial charge in [-0.25, -0.2) is 0 Å². The highest BCUT2D eigenvalue weighted by Gasteiger charge is 2.37. The molecule has 1 fully saturated rings. The van der Waals surface area contributed by atoms with E-state index in [0.717, 1.165) is 25.0 Å². The van der Waals surface area contributed by atoms with Crippen LogP contribution in [0, 0.1) is 0 Å². The van der Waals surface area contributed by atoms with E-state index in [9.17, 15) is 14.4 Å². The molecule has 3 amide bonds. The van der Waals surface area contributed by atoms with Crippen molar-refractivity contribution in [1.29, 1.82) is 0 Å². The fraction of sp³-hybridized carbons (Fsp3) is 0.259. The van der Waals surface area contributed by atoms with Gasteiger partial charge in [0.1, 0.15) is 12.6 Å². The number of amides is 3. The highest BCUT2D eigenvalue weighted by Crippen LogP contribution is 2.32. The number of carbonyl (C=O) groups is 3. The van der Waals surface area contributed by atoms with Crippen LogP contribution in [0.5, 0.6) is 0 Å². The Morgan fingerprint density at radius 1 is 0.941 bits per heavy atom. The van der Waals surface area contributed by atoms with Gasteiger partial charge in [0.25, 0.3) is 11.8 Å². The molecule has 0 aliphatic carbocycles. The minimum absolute atomic E-state index is 0.121. The van der Waals surface area contributed by atoms with Crippen LogP contribution in [0.2, 0.25) is 0 Å². The lowest BCUT2D eigenvalue weighted by Gasteiger charge is -2.37. The Morgan fingerprint density at radius 3 is 2.50 bits per heavy atom. The molecule has 7 heteroatoms. The average molecular weight is 455 g/mol. The van der Waals surface area contributed by atoms with Crippen molar-refractivity contribution in [3.63, 3.8) is 0 Å². The van der Waals surface area contributed by atoms with Gasteiger partial charge in [-0.3, -0.25) is 19.4 Å². The van der Waals surface area contributed by atoms with Gasteiger partial charge in [0.2, 0.25) is 5.91 Å². The average Bonchev–Trinajstić information content (AvgIpc) is 3.00. The number of hydrogen-bond acceptors (Lipinski definition) is 4. The van der Waals surface area contributed by atoms with Crippen molar-refractivity contribution >= 4 is 23.4 Å². The van der Waals surface area contributed by atoms with E-state index >= 15 is 0 Å². The first-order valence-corrected chi connectivity index (χ1v) is 11.6. The summed E-state index contributed by atoms with van der Waals surface area (Å²) in [5.74, 6) is -0.819. The third-order valence-corrected chi connectivity index (χ3v) is 6.51. The third kappa shape index (κ3) is 4.17. The van der Waals surface area contributed by atoms with Crippen LogP contribution < -0.4 is 10.2 Å². The van der Waals surface area contributed by atoms with Crippen LogP contribution in [0.4, 0.5) is 5.69 Å². The molecular formula is C27H26N4O3. The number of para-hydroxylation sites is 1. The first kappa shape index (κ1) is 21.8. The number of likely N-dealkylation sites (tertiary alicyclic amines) is 1. The van der Waals surface area contributed by atoms with Gasteiger partial charge in [0.15, 0.2) is 0 Å². The molecule has 2 unspecified atom stereocenters. The fourth-order valence-corrected chi connectivity index (χ4v) is 4.82. The Morgan fingerprint density at radius 2 is 1.71 bits per heavy atom. The van der Waals surface area contributed by atoms with E-state index in [1.165, 1.54) is 4.90 Å².